The lowest BCUT2D eigenvalue weighted by Crippen LogP contribution is -2.09. The molecule has 1 aromatic heterocycles. The second-order valence-electron chi connectivity index (χ2n) is 4.72. The SMILES string of the molecule is CC(C)Oc1cc(NCCc2ncn[nH]2)ccc1[N+](=O)[O-]. The van der Waals surface area contributed by atoms with Crippen molar-refractivity contribution in [3.05, 3.63) is 40.5 Å². The molecule has 8 heteroatoms. The number of aromatic nitrogens is 3. The standard InChI is InChI=1S/C13H17N5O3/c1-9(2)21-12-7-10(3-4-11(12)18(19)20)14-6-5-13-15-8-16-17-13/h3-4,7-9,14H,5-6H2,1-2H3,(H,15,16,17). The van der Waals surface area contributed by atoms with Gasteiger partial charge >= 0.3 is 5.69 Å². The van der Waals surface area contributed by atoms with E-state index in [0.717, 1.165) is 11.5 Å². The quantitative estimate of drug-likeness (QED) is 0.598. The number of H-pyrrole nitrogens is 1. The summed E-state index contributed by atoms with van der Waals surface area (Å²) >= 11 is 0. The van der Waals surface area contributed by atoms with Gasteiger partial charge in [0.25, 0.3) is 0 Å². The fourth-order valence-electron chi connectivity index (χ4n) is 1.80. The number of rotatable bonds is 7. The Bertz CT molecular complexity index is 598. The molecule has 0 atom stereocenters. The summed E-state index contributed by atoms with van der Waals surface area (Å²) in [6.07, 6.45) is 2.00. The van der Waals surface area contributed by atoms with Gasteiger partial charge in [-0.15, -0.1) is 0 Å². The van der Waals surface area contributed by atoms with Crippen molar-refractivity contribution in [2.45, 2.75) is 26.4 Å². The van der Waals surface area contributed by atoms with Crippen LogP contribution in [0.4, 0.5) is 11.4 Å². The Morgan fingerprint density at radius 2 is 2.29 bits per heavy atom. The van der Waals surface area contributed by atoms with Crippen LogP contribution in [0, 0.1) is 10.1 Å². The highest BCUT2D eigenvalue weighted by molar-refractivity contribution is 5.58. The smallest absolute Gasteiger partial charge is 0.311 e. The zero-order chi connectivity index (χ0) is 15.2. The summed E-state index contributed by atoms with van der Waals surface area (Å²) in [7, 11) is 0. The lowest BCUT2D eigenvalue weighted by molar-refractivity contribution is -0.386. The van der Waals surface area contributed by atoms with E-state index >= 15 is 0 Å². The van der Waals surface area contributed by atoms with Gasteiger partial charge in [0.15, 0.2) is 5.75 Å². The first kappa shape index (κ1) is 14.8. The predicted molar refractivity (Wildman–Crippen MR) is 77.4 cm³/mol. The third-order valence-corrected chi connectivity index (χ3v) is 2.68. The third kappa shape index (κ3) is 4.16. The minimum absolute atomic E-state index is 0.0375. The van der Waals surface area contributed by atoms with Crippen LogP contribution in [-0.4, -0.2) is 32.8 Å². The predicted octanol–water partition coefficient (Wildman–Crippen LogP) is 2.15. The molecule has 0 unspecified atom stereocenters. The van der Waals surface area contributed by atoms with E-state index in [1.54, 1.807) is 12.1 Å². The zero-order valence-electron chi connectivity index (χ0n) is 11.9. The summed E-state index contributed by atoms with van der Waals surface area (Å²) < 4.78 is 5.49. The molecular formula is C13H17N5O3. The second-order valence-corrected chi connectivity index (χ2v) is 4.72. The van der Waals surface area contributed by atoms with Gasteiger partial charge in [0, 0.05) is 30.8 Å². The molecule has 0 amide bonds. The van der Waals surface area contributed by atoms with Crippen molar-refractivity contribution in [3.8, 4) is 5.75 Å². The van der Waals surface area contributed by atoms with Gasteiger partial charge < -0.3 is 10.1 Å². The van der Waals surface area contributed by atoms with Crippen molar-refractivity contribution in [1.29, 1.82) is 0 Å². The Kier molecular flexibility index (Phi) is 4.70. The van der Waals surface area contributed by atoms with Crippen LogP contribution in [0.2, 0.25) is 0 Å². The molecule has 2 N–H and O–H groups in total. The number of benzene rings is 1. The molecule has 2 rings (SSSR count). The average Bonchev–Trinajstić information content (AvgIpc) is 2.91. The first-order valence-electron chi connectivity index (χ1n) is 6.59. The number of hydrogen-bond acceptors (Lipinski definition) is 6. The van der Waals surface area contributed by atoms with E-state index in [-0.39, 0.29) is 17.5 Å². The van der Waals surface area contributed by atoms with Gasteiger partial charge in [-0.1, -0.05) is 0 Å². The lowest BCUT2D eigenvalue weighted by Gasteiger charge is -2.12. The molecule has 8 nitrogen and oxygen atoms in total. The van der Waals surface area contributed by atoms with Crippen LogP contribution in [-0.2, 0) is 6.42 Å². The maximum atomic E-state index is 11.0. The highest BCUT2D eigenvalue weighted by Crippen LogP contribution is 2.30. The second kappa shape index (κ2) is 6.69. The molecule has 0 aliphatic heterocycles. The normalized spacial score (nSPS) is 10.6. The largest absolute Gasteiger partial charge is 0.484 e. The monoisotopic (exact) mass is 291 g/mol. The number of nitro groups is 1. The van der Waals surface area contributed by atoms with Gasteiger partial charge in [0.05, 0.1) is 11.0 Å². The van der Waals surface area contributed by atoms with E-state index in [9.17, 15) is 10.1 Å². The minimum Gasteiger partial charge on any atom is -0.484 e. The Hall–Kier alpha value is -2.64. The van der Waals surface area contributed by atoms with Crippen LogP contribution in [0.3, 0.4) is 0 Å². The van der Waals surface area contributed by atoms with Crippen molar-refractivity contribution in [2.24, 2.45) is 0 Å². The van der Waals surface area contributed by atoms with Crippen molar-refractivity contribution >= 4 is 11.4 Å². The summed E-state index contributed by atoms with van der Waals surface area (Å²) in [4.78, 5) is 14.5. The van der Waals surface area contributed by atoms with Crippen LogP contribution in [0.25, 0.3) is 0 Å². The van der Waals surface area contributed by atoms with E-state index in [2.05, 4.69) is 20.5 Å². The van der Waals surface area contributed by atoms with Gasteiger partial charge in [-0.25, -0.2) is 4.98 Å². The number of hydrogen-bond donors (Lipinski definition) is 2. The molecule has 0 spiro atoms. The Labute approximate surface area is 121 Å². The van der Waals surface area contributed by atoms with Crippen LogP contribution in [0.1, 0.15) is 19.7 Å². The Morgan fingerprint density at radius 1 is 1.48 bits per heavy atom. The van der Waals surface area contributed by atoms with Crippen LogP contribution < -0.4 is 10.1 Å². The summed E-state index contributed by atoms with van der Waals surface area (Å²) in [5.41, 5.74) is 0.722. The number of nitrogens with one attached hydrogen (secondary N) is 2. The molecule has 0 aliphatic carbocycles. The molecule has 0 saturated heterocycles. The first-order chi connectivity index (χ1) is 10.1. The van der Waals surface area contributed by atoms with Gasteiger partial charge in [-0.2, -0.15) is 5.10 Å². The van der Waals surface area contributed by atoms with Gasteiger partial charge in [0.2, 0.25) is 0 Å². The van der Waals surface area contributed by atoms with Crippen molar-refractivity contribution in [2.75, 3.05) is 11.9 Å². The minimum atomic E-state index is -0.448. The molecule has 0 radical (unpaired) electrons. The average molecular weight is 291 g/mol. The number of anilines is 1. The molecule has 0 fully saturated rings. The molecule has 112 valence electrons. The molecule has 1 heterocycles. The van der Waals surface area contributed by atoms with E-state index in [4.69, 9.17) is 4.74 Å². The molecule has 2 aromatic rings. The Morgan fingerprint density at radius 3 is 2.90 bits per heavy atom. The van der Waals surface area contributed by atoms with E-state index < -0.39 is 4.92 Å². The van der Waals surface area contributed by atoms with Crippen LogP contribution in [0.15, 0.2) is 24.5 Å². The van der Waals surface area contributed by atoms with E-state index in [1.807, 2.05) is 13.8 Å². The lowest BCUT2D eigenvalue weighted by atomic mass is 10.2. The van der Waals surface area contributed by atoms with Gasteiger partial charge in [0.1, 0.15) is 12.2 Å². The molecule has 0 bridgehead atoms. The molecular weight excluding hydrogens is 274 g/mol. The van der Waals surface area contributed by atoms with Crippen molar-refractivity contribution in [1.82, 2.24) is 15.2 Å². The maximum Gasteiger partial charge on any atom is 0.311 e. The topological polar surface area (TPSA) is 106 Å². The highest BCUT2D eigenvalue weighted by atomic mass is 16.6. The van der Waals surface area contributed by atoms with Crippen LogP contribution in [0.5, 0.6) is 5.75 Å². The summed E-state index contributed by atoms with van der Waals surface area (Å²) in [5.74, 6) is 1.04. The highest BCUT2D eigenvalue weighted by Gasteiger charge is 2.16. The van der Waals surface area contributed by atoms with Crippen molar-refractivity contribution in [3.63, 3.8) is 0 Å². The number of ether oxygens (including phenoxy) is 1. The van der Waals surface area contributed by atoms with E-state index in [1.165, 1.54) is 12.4 Å². The van der Waals surface area contributed by atoms with E-state index in [0.29, 0.717) is 13.0 Å². The molecule has 0 aliphatic rings. The first-order valence-corrected chi connectivity index (χ1v) is 6.59. The molecule has 21 heavy (non-hydrogen) atoms. The zero-order valence-corrected chi connectivity index (χ0v) is 11.9. The number of nitro benzene ring substituents is 1. The van der Waals surface area contributed by atoms with Crippen molar-refractivity contribution < 1.29 is 9.66 Å². The number of nitrogens with zero attached hydrogens (tertiary/aromatic N) is 3. The fourth-order valence-corrected chi connectivity index (χ4v) is 1.80. The fraction of sp³-hybridized carbons (Fsp3) is 0.385. The third-order valence-electron chi connectivity index (χ3n) is 2.68. The van der Waals surface area contributed by atoms with Gasteiger partial charge in [-0.05, 0) is 19.9 Å². The van der Waals surface area contributed by atoms with Crippen LogP contribution >= 0.6 is 0 Å². The summed E-state index contributed by atoms with van der Waals surface area (Å²) in [6, 6.07) is 4.73. The molecule has 0 saturated carbocycles. The maximum absolute atomic E-state index is 11.0. The number of aromatic amines is 1. The molecule has 1 aromatic carbocycles. The van der Waals surface area contributed by atoms with Gasteiger partial charge in [-0.3, -0.25) is 15.2 Å². The summed E-state index contributed by atoms with van der Waals surface area (Å²) in [5, 5.41) is 20.7. The Balaban J connectivity index is 2.04. The summed E-state index contributed by atoms with van der Waals surface area (Å²) in [6.45, 7) is 4.29.